The van der Waals surface area contributed by atoms with Crippen LogP contribution in [0.15, 0.2) is 64.3 Å². The Hall–Kier alpha value is -2.77. The summed E-state index contributed by atoms with van der Waals surface area (Å²) in [5.41, 5.74) is 2.76. The lowest BCUT2D eigenvalue weighted by molar-refractivity contribution is 0.397. The lowest BCUT2D eigenvalue weighted by Crippen LogP contribution is -1.99. The molecule has 0 aliphatic carbocycles. The van der Waals surface area contributed by atoms with Crippen molar-refractivity contribution in [3.05, 3.63) is 65.4 Å². The number of benzene rings is 2. The van der Waals surface area contributed by atoms with Gasteiger partial charge in [-0.2, -0.15) is 0 Å². The molecule has 0 radical (unpaired) electrons. The van der Waals surface area contributed by atoms with E-state index in [1.807, 2.05) is 54.6 Å². The van der Waals surface area contributed by atoms with E-state index in [0.29, 0.717) is 10.8 Å². The number of nitrogens with zero attached hydrogens (tertiary/aromatic N) is 4. The van der Waals surface area contributed by atoms with Crippen molar-refractivity contribution in [2.75, 3.05) is 7.11 Å². The number of thioether (sulfide) groups is 1. The molecule has 29 heavy (non-hydrogen) atoms. The molecule has 0 unspecified atom stereocenters. The Kier molecular flexibility index (Phi) is 5.87. The van der Waals surface area contributed by atoms with Crippen molar-refractivity contribution in [3.8, 4) is 28.4 Å². The summed E-state index contributed by atoms with van der Waals surface area (Å²) in [5, 5.41) is 14.4. The molecule has 2 aromatic carbocycles. The van der Waals surface area contributed by atoms with Gasteiger partial charge in [-0.05, 0) is 55.5 Å². The highest BCUT2D eigenvalue weighted by Crippen LogP contribution is 2.29. The molecule has 148 valence electrons. The van der Waals surface area contributed by atoms with Crippen molar-refractivity contribution in [2.24, 2.45) is 0 Å². The number of halogens is 1. The van der Waals surface area contributed by atoms with Crippen LogP contribution < -0.4 is 4.74 Å². The van der Waals surface area contributed by atoms with Crippen LogP contribution in [-0.4, -0.2) is 27.0 Å². The Morgan fingerprint density at radius 2 is 1.76 bits per heavy atom. The molecular weight excluding hydrogens is 408 g/mol. The average molecular weight is 427 g/mol. The lowest BCUT2D eigenvalue weighted by Gasteiger charge is -2.06. The van der Waals surface area contributed by atoms with Gasteiger partial charge in [0.2, 0.25) is 0 Å². The van der Waals surface area contributed by atoms with E-state index in [2.05, 4.69) is 26.8 Å². The van der Waals surface area contributed by atoms with E-state index in [0.717, 1.165) is 45.9 Å². The van der Waals surface area contributed by atoms with E-state index in [4.69, 9.17) is 20.9 Å². The predicted octanol–water partition coefficient (Wildman–Crippen LogP) is 5.57. The highest BCUT2D eigenvalue weighted by Gasteiger charge is 2.15. The van der Waals surface area contributed by atoms with Crippen LogP contribution in [-0.2, 0) is 12.3 Å². The van der Waals surface area contributed by atoms with Gasteiger partial charge < -0.3 is 13.8 Å². The molecule has 0 amide bonds. The summed E-state index contributed by atoms with van der Waals surface area (Å²) in [4.78, 5) is 0. The van der Waals surface area contributed by atoms with Crippen LogP contribution in [0.25, 0.3) is 22.6 Å². The zero-order chi connectivity index (χ0) is 20.2. The minimum Gasteiger partial charge on any atom is -0.497 e. The average Bonchev–Trinajstić information content (AvgIpc) is 3.39. The second-order valence-corrected chi connectivity index (χ2v) is 7.63. The highest BCUT2D eigenvalue weighted by molar-refractivity contribution is 7.98. The molecule has 2 aromatic heterocycles. The Morgan fingerprint density at radius 1 is 1.03 bits per heavy atom. The number of rotatable bonds is 7. The third-order valence-electron chi connectivity index (χ3n) is 4.42. The van der Waals surface area contributed by atoms with Crippen molar-refractivity contribution in [3.63, 3.8) is 0 Å². The molecule has 0 fully saturated rings. The fraction of sp³-hybridized carbons (Fsp3) is 0.190. The molecule has 0 spiro atoms. The van der Waals surface area contributed by atoms with Gasteiger partial charge in [0.05, 0.1) is 12.9 Å². The zero-order valence-electron chi connectivity index (χ0n) is 16.0. The summed E-state index contributed by atoms with van der Waals surface area (Å²) in [5.74, 6) is 3.02. The van der Waals surface area contributed by atoms with Crippen molar-refractivity contribution in [1.82, 2.24) is 19.9 Å². The van der Waals surface area contributed by atoms with Crippen LogP contribution in [0.1, 0.15) is 12.7 Å². The van der Waals surface area contributed by atoms with Crippen LogP contribution in [0.3, 0.4) is 0 Å². The molecule has 8 heteroatoms. The smallest absolute Gasteiger partial charge is 0.191 e. The summed E-state index contributed by atoms with van der Waals surface area (Å²) < 4.78 is 12.8. The minimum atomic E-state index is 0.613. The maximum atomic E-state index is 5.99. The van der Waals surface area contributed by atoms with Crippen LogP contribution in [0, 0.1) is 0 Å². The van der Waals surface area contributed by atoms with Crippen molar-refractivity contribution in [1.29, 1.82) is 0 Å². The van der Waals surface area contributed by atoms with E-state index in [1.54, 1.807) is 18.9 Å². The first-order valence-electron chi connectivity index (χ1n) is 9.10. The summed E-state index contributed by atoms with van der Waals surface area (Å²) in [6.07, 6.45) is 0. The van der Waals surface area contributed by atoms with E-state index >= 15 is 0 Å². The molecule has 4 rings (SSSR count). The third kappa shape index (κ3) is 4.31. The van der Waals surface area contributed by atoms with Gasteiger partial charge in [0, 0.05) is 28.8 Å². The normalized spacial score (nSPS) is 11.0. The first-order chi connectivity index (χ1) is 14.2. The molecule has 0 saturated heterocycles. The number of methoxy groups -OCH3 is 1. The lowest BCUT2D eigenvalue weighted by atomic mass is 10.1. The fourth-order valence-corrected chi connectivity index (χ4v) is 3.91. The van der Waals surface area contributed by atoms with Gasteiger partial charge in [-0.25, -0.2) is 0 Å². The molecule has 0 saturated carbocycles. The van der Waals surface area contributed by atoms with Crippen molar-refractivity contribution < 1.29 is 9.26 Å². The molecule has 0 aliphatic rings. The first-order valence-corrected chi connectivity index (χ1v) is 10.5. The topological polar surface area (TPSA) is 66.0 Å². The quantitative estimate of drug-likeness (QED) is 0.360. The molecule has 0 atom stereocenters. The van der Waals surface area contributed by atoms with Gasteiger partial charge in [0.25, 0.3) is 0 Å². The summed E-state index contributed by atoms with van der Waals surface area (Å²) in [6.45, 7) is 2.84. The Labute approximate surface area is 177 Å². The first kappa shape index (κ1) is 19.5. The summed E-state index contributed by atoms with van der Waals surface area (Å²) in [7, 11) is 1.65. The van der Waals surface area contributed by atoms with E-state index in [1.165, 1.54) is 0 Å². The van der Waals surface area contributed by atoms with E-state index in [-0.39, 0.29) is 0 Å². The standard InChI is InChI=1S/C21H19ClN4O2S/c1-3-26-20(15-4-8-16(22)9-5-15)23-24-21(26)29-13-18-12-19(25-28-18)14-6-10-17(27-2)11-7-14/h4-12H,3,13H2,1-2H3. The van der Waals surface area contributed by atoms with Crippen LogP contribution >= 0.6 is 23.4 Å². The molecule has 0 N–H and O–H groups in total. The van der Waals surface area contributed by atoms with Gasteiger partial charge >= 0.3 is 0 Å². The SMILES string of the molecule is CCn1c(SCc2cc(-c3ccc(OC)cc3)no2)nnc1-c1ccc(Cl)cc1. The fourth-order valence-electron chi connectivity index (χ4n) is 2.91. The van der Waals surface area contributed by atoms with Crippen LogP contribution in [0.2, 0.25) is 5.02 Å². The number of hydrogen-bond acceptors (Lipinski definition) is 6. The molecule has 4 aromatic rings. The van der Waals surface area contributed by atoms with Gasteiger partial charge in [-0.1, -0.05) is 28.5 Å². The molecule has 2 heterocycles. The molecular formula is C21H19ClN4O2S. The second kappa shape index (κ2) is 8.71. The van der Waals surface area contributed by atoms with Gasteiger partial charge in [0.1, 0.15) is 17.2 Å². The summed E-state index contributed by atoms with van der Waals surface area (Å²) >= 11 is 7.55. The number of ether oxygens (including phenoxy) is 1. The zero-order valence-corrected chi connectivity index (χ0v) is 17.6. The molecule has 0 bridgehead atoms. The Balaban J connectivity index is 1.48. The largest absolute Gasteiger partial charge is 0.497 e. The monoisotopic (exact) mass is 426 g/mol. The van der Waals surface area contributed by atoms with E-state index in [9.17, 15) is 0 Å². The molecule has 0 aliphatic heterocycles. The number of aromatic nitrogens is 4. The maximum absolute atomic E-state index is 5.99. The van der Waals surface area contributed by atoms with Gasteiger partial charge in [0.15, 0.2) is 11.0 Å². The number of hydrogen-bond donors (Lipinski definition) is 0. The van der Waals surface area contributed by atoms with Crippen molar-refractivity contribution >= 4 is 23.4 Å². The Morgan fingerprint density at radius 3 is 2.45 bits per heavy atom. The maximum Gasteiger partial charge on any atom is 0.191 e. The van der Waals surface area contributed by atoms with Gasteiger partial charge in [-0.3, -0.25) is 0 Å². The predicted molar refractivity (Wildman–Crippen MR) is 114 cm³/mol. The van der Waals surface area contributed by atoms with Gasteiger partial charge in [-0.15, -0.1) is 10.2 Å². The van der Waals surface area contributed by atoms with Crippen LogP contribution in [0.4, 0.5) is 0 Å². The second-order valence-electron chi connectivity index (χ2n) is 6.25. The van der Waals surface area contributed by atoms with Crippen molar-refractivity contribution in [2.45, 2.75) is 24.4 Å². The van der Waals surface area contributed by atoms with E-state index < -0.39 is 0 Å². The van der Waals surface area contributed by atoms with Crippen LogP contribution in [0.5, 0.6) is 5.75 Å². The minimum absolute atomic E-state index is 0.613. The molecule has 6 nitrogen and oxygen atoms in total. The Bertz CT molecular complexity index is 1090. The third-order valence-corrected chi connectivity index (χ3v) is 5.66. The summed E-state index contributed by atoms with van der Waals surface area (Å²) in [6, 6.07) is 17.3. The highest BCUT2D eigenvalue weighted by atomic mass is 35.5.